The molecule has 7 nitrogen and oxygen atoms in total. The Hall–Kier alpha value is -0.220. The van der Waals surface area contributed by atoms with Gasteiger partial charge in [0.1, 0.15) is 0 Å². The van der Waals surface area contributed by atoms with Crippen LogP contribution in [0.2, 0.25) is 0 Å². The van der Waals surface area contributed by atoms with Crippen LogP contribution >= 0.6 is 0 Å². The summed E-state index contributed by atoms with van der Waals surface area (Å²) in [7, 11) is -3.60. The van der Waals surface area contributed by atoms with Crippen LogP contribution in [0.4, 0.5) is 0 Å². The zero-order valence-corrected chi connectivity index (χ0v) is 12.9. The minimum Gasteiger partial charge on any atom is -0.382 e. The zero-order valence-electron chi connectivity index (χ0n) is 11.2. The average Bonchev–Trinajstić information content (AvgIpc) is 2.68. The third-order valence-corrected chi connectivity index (χ3v) is 6.69. The molecule has 0 aromatic carbocycles. The first kappa shape index (κ1) is 16.8. The van der Waals surface area contributed by atoms with E-state index in [9.17, 15) is 16.8 Å². The summed E-state index contributed by atoms with van der Waals surface area (Å²) in [5.74, 6) is -0.182. The van der Waals surface area contributed by atoms with E-state index in [-0.39, 0.29) is 23.9 Å². The van der Waals surface area contributed by atoms with Gasteiger partial charge in [-0.1, -0.05) is 0 Å². The van der Waals surface area contributed by atoms with E-state index in [0.717, 1.165) is 4.31 Å². The minimum atomic E-state index is -3.48. The summed E-state index contributed by atoms with van der Waals surface area (Å²) in [6, 6.07) is -0.450. The summed E-state index contributed by atoms with van der Waals surface area (Å²) in [6.45, 7) is 0.833. The molecule has 9 heteroatoms. The molecular formula is C10H21NO6S2. The van der Waals surface area contributed by atoms with Gasteiger partial charge in [-0.25, -0.2) is 21.1 Å². The molecule has 0 aliphatic carbocycles. The smallest absolute Gasteiger partial charge is 0.216 e. The maximum Gasteiger partial charge on any atom is 0.216 e. The van der Waals surface area contributed by atoms with Crippen LogP contribution in [0.15, 0.2) is 0 Å². The number of ether oxygens (including phenoxy) is 2. The van der Waals surface area contributed by atoms with Crippen molar-refractivity contribution in [3.63, 3.8) is 0 Å². The summed E-state index contributed by atoms with van der Waals surface area (Å²) >= 11 is 0. The first-order valence-corrected chi connectivity index (χ1v) is 9.44. The second-order valence-corrected chi connectivity index (χ2v) is 8.87. The van der Waals surface area contributed by atoms with Gasteiger partial charge < -0.3 is 9.47 Å². The first-order chi connectivity index (χ1) is 8.78. The molecule has 0 bridgehead atoms. The largest absolute Gasteiger partial charge is 0.382 e. The summed E-state index contributed by atoms with van der Waals surface area (Å²) in [6.07, 6.45) is 0.364. The Morgan fingerprint density at radius 2 is 1.95 bits per heavy atom. The molecule has 1 aliphatic rings. The van der Waals surface area contributed by atoms with Crippen molar-refractivity contribution in [2.45, 2.75) is 12.5 Å². The fraction of sp³-hybridized carbons (Fsp3) is 1.00. The van der Waals surface area contributed by atoms with E-state index in [1.807, 2.05) is 0 Å². The summed E-state index contributed by atoms with van der Waals surface area (Å²) < 4.78 is 57.7. The fourth-order valence-electron chi connectivity index (χ4n) is 1.84. The molecular weight excluding hydrogens is 294 g/mol. The van der Waals surface area contributed by atoms with Crippen molar-refractivity contribution in [1.82, 2.24) is 4.31 Å². The highest BCUT2D eigenvalue weighted by molar-refractivity contribution is 7.92. The van der Waals surface area contributed by atoms with E-state index in [2.05, 4.69) is 0 Å². The molecule has 0 radical (unpaired) electrons. The molecule has 1 atom stereocenters. The molecule has 1 unspecified atom stereocenters. The van der Waals surface area contributed by atoms with Gasteiger partial charge in [0.2, 0.25) is 10.0 Å². The quantitative estimate of drug-likeness (QED) is 0.539. The lowest BCUT2D eigenvalue weighted by atomic mass is 10.3. The molecule has 1 aliphatic heterocycles. The van der Waals surface area contributed by atoms with Crippen LogP contribution in [0.25, 0.3) is 0 Å². The van der Waals surface area contributed by atoms with Crippen molar-refractivity contribution in [2.75, 3.05) is 51.2 Å². The molecule has 0 aromatic heterocycles. The van der Waals surface area contributed by atoms with Gasteiger partial charge in [-0.15, -0.1) is 0 Å². The second-order valence-electron chi connectivity index (χ2n) is 4.49. The van der Waals surface area contributed by atoms with Crippen LogP contribution in [0.5, 0.6) is 0 Å². The summed E-state index contributed by atoms with van der Waals surface area (Å²) in [5, 5.41) is 0. The predicted molar refractivity (Wildman–Crippen MR) is 71.3 cm³/mol. The minimum absolute atomic E-state index is 0.0574. The second kappa shape index (κ2) is 6.98. The van der Waals surface area contributed by atoms with Crippen LogP contribution in [0, 0.1) is 0 Å². The summed E-state index contributed by atoms with van der Waals surface area (Å²) in [4.78, 5) is 0. The molecule has 0 amide bonds. The Morgan fingerprint density at radius 3 is 2.47 bits per heavy atom. The molecule has 1 fully saturated rings. The van der Waals surface area contributed by atoms with Gasteiger partial charge in [0.05, 0.1) is 37.1 Å². The van der Waals surface area contributed by atoms with E-state index in [0.29, 0.717) is 19.6 Å². The lowest BCUT2D eigenvalue weighted by Crippen LogP contribution is -2.40. The molecule has 0 saturated carbocycles. The average molecular weight is 315 g/mol. The number of sulfonamides is 1. The number of sulfone groups is 1. The SMILES string of the molecule is COCCOCCS(=O)(=O)N(C)C1CCS(=O)(=O)C1. The number of hydrogen-bond acceptors (Lipinski definition) is 6. The van der Waals surface area contributed by atoms with Crippen molar-refractivity contribution >= 4 is 19.9 Å². The van der Waals surface area contributed by atoms with Crippen molar-refractivity contribution in [3.8, 4) is 0 Å². The van der Waals surface area contributed by atoms with E-state index >= 15 is 0 Å². The van der Waals surface area contributed by atoms with E-state index in [1.165, 1.54) is 14.2 Å². The maximum absolute atomic E-state index is 12.0. The van der Waals surface area contributed by atoms with Crippen LogP contribution < -0.4 is 0 Å². The van der Waals surface area contributed by atoms with Gasteiger partial charge in [-0.05, 0) is 6.42 Å². The molecule has 1 heterocycles. The summed E-state index contributed by atoms with van der Waals surface area (Å²) in [5.41, 5.74) is 0. The van der Waals surface area contributed by atoms with E-state index in [1.54, 1.807) is 0 Å². The monoisotopic (exact) mass is 315 g/mol. The van der Waals surface area contributed by atoms with Gasteiger partial charge in [0.25, 0.3) is 0 Å². The first-order valence-electron chi connectivity index (χ1n) is 6.01. The molecule has 114 valence electrons. The number of hydrogen-bond donors (Lipinski definition) is 0. The lowest BCUT2D eigenvalue weighted by Gasteiger charge is -2.22. The third-order valence-electron chi connectivity index (χ3n) is 3.08. The maximum atomic E-state index is 12.0. The Morgan fingerprint density at radius 1 is 1.26 bits per heavy atom. The topological polar surface area (TPSA) is 90.0 Å². The zero-order chi connectivity index (χ0) is 14.5. The lowest BCUT2D eigenvalue weighted by molar-refractivity contribution is 0.0781. The van der Waals surface area contributed by atoms with Gasteiger partial charge in [0.15, 0.2) is 9.84 Å². The van der Waals surface area contributed by atoms with Crippen molar-refractivity contribution in [1.29, 1.82) is 0 Å². The molecule has 0 N–H and O–H groups in total. The molecule has 0 spiro atoms. The molecule has 19 heavy (non-hydrogen) atoms. The van der Waals surface area contributed by atoms with Crippen LogP contribution in [0.3, 0.4) is 0 Å². The molecule has 1 rings (SSSR count). The van der Waals surface area contributed by atoms with Gasteiger partial charge in [-0.3, -0.25) is 0 Å². The Balaban J connectivity index is 2.44. The molecule has 1 saturated heterocycles. The number of rotatable bonds is 8. The third kappa shape index (κ3) is 5.35. The van der Waals surface area contributed by atoms with Crippen molar-refractivity contribution in [3.05, 3.63) is 0 Å². The highest BCUT2D eigenvalue weighted by Gasteiger charge is 2.35. The Bertz CT molecular complexity index is 472. The highest BCUT2D eigenvalue weighted by atomic mass is 32.2. The van der Waals surface area contributed by atoms with Gasteiger partial charge in [-0.2, -0.15) is 0 Å². The fourth-order valence-corrected chi connectivity index (χ4v) is 4.96. The van der Waals surface area contributed by atoms with Gasteiger partial charge in [0, 0.05) is 20.2 Å². The number of nitrogens with zero attached hydrogens (tertiary/aromatic N) is 1. The predicted octanol–water partition coefficient (Wildman–Crippen LogP) is -0.902. The van der Waals surface area contributed by atoms with Crippen LogP contribution in [-0.4, -0.2) is 78.4 Å². The van der Waals surface area contributed by atoms with Crippen LogP contribution in [-0.2, 0) is 29.3 Å². The normalized spacial score (nSPS) is 23.0. The number of methoxy groups -OCH3 is 1. The standard InChI is InChI=1S/C10H21NO6S2/c1-11(10-3-7-18(12,13)9-10)19(14,15)8-6-17-5-4-16-2/h10H,3-9H2,1-2H3. The van der Waals surface area contributed by atoms with Crippen molar-refractivity contribution < 1.29 is 26.3 Å². The van der Waals surface area contributed by atoms with E-state index in [4.69, 9.17) is 9.47 Å². The Labute approximate surface area is 114 Å². The highest BCUT2D eigenvalue weighted by Crippen LogP contribution is 2.19. The molecule has 0 aromatic rings. The van der Waals surface area contributed by atoms with Crippen LogP contribution in [0.1, 0.15) is 6.42 Å². The van der Waals surface area contributed by atoms with Gasteiger partial charge >= 0.3 is 0 Å². The van der Waals surface area contributed by atoms with E-state index < -0.39 is 25.9 Å². The Kier molecular flexibility index (Phi) is 6.18. The van der Waals surface area contributed by atoms with Crippen molar-refractivity contribution in [2.24, 2.45) is 0 Å².